The number of aromatic nitrogens is 3. The predicted octanol–water partition coefficient (Wildman–Crippen LogP) is 3.86. The zero-order valence-electron chi connectivity index (χ0n) is 24.6. The number of piperazine rings is 1. The van der Waals surface area contributed by atoms with Gasteiger partial charge in [-0.05, 0) is 48.9 Å². The topological polar surface area (TPSA) is 158 Å². The molecule has 0 radical (unpaired) electrons. The Bertz CT molecular complexity index is 2020. The number of pyridine rings is 1. The van der Waals surface area contributed by atoms with Gasteiger partial charge in [0.15, 0.2) is 5.78 Å². The van der Waals surface area contributed by atoms with Crippen LogP contribution in [0.3, 0.4) is 0 Å². The lowest BCUT2D eigenvalue weighted by atomic mass is 10.0. The number of benzene rings is 2. The van der Waals surface area contributed by atoms with E-state index >= 15 is 0 Å². The van der Waals surface area contributed by atoms with Crippen LogP contribution >= 0.6 is 0 Å². The molecule has 5 rings (SSSR count). The maximum absolute atomic E-state index is 14.3. The van der Waals surface area contributed by atoms with E-state index in [9.17, 15) is 32.0 Å². The van der Waals surface area contributed by atoms with Crippen LogP contribution in [0.2, 0.25) is 0 Å². The lowest BCUT2D eigenvalue weighted by molar-refractivity contribution is -0.128. The maximum atomic E-state index is 14.3. The molecule has 1 aliphatic rings. The molecule has 0 saturated carbocycles. The molecule has 3 heterocycles. The fourth-order valence-electron chi connectivity index (χ4n) is 5.12. The summed E-state index contributed by atoms with van der Waals surface area (Å²) in [7, 11) is -3.19. The molecule has 0 aliphatic carbocycles. The Hall–Kier alpha value is -5.49. The van der Waals surface area contributed by atoms with Gasteiger partial charge in [0, 0.05) is 48.9 Å². The Kier molecular flexibility index (Phi) is 9.19. The quantitative estimate of drug-likeness (QED) is 0.265. The van der Waals surface area contributed by atoms with E-state index in [4.69, 9.17) is 4.74 Å². The van der Waals surface area contributed by atoms with Crippen molar-refractivity contribution in [2.75, 3.05) is 36.4 Å². The first-order valence-electron chi connectivity index (χ1n) is 13.9. The summed E-state index contributed by atoms with van der Waals surface area (Å²) in [5.74, 6) is -2.30. The number of anilines is 2. The van der Waals surface area contributed by atoms with Gasteiger partial charge in [-0.15, -0.1) is 0 Å². The summed E-state index contributed by atoms with van der Waals surface area (Å²) < 4.78 is 61.3. The number of fused-ring (bicyclic) bond motifs is 1. The number of ether oxygens (including phenoxy) is 1. The van der Waals surface area contributed by atoms with Gasteiger partial charge in [0.1, 0.15) is 34.4 Å². The fourth-order valence-corrected chi connectivity index (χ4v) is 6.22. The maximum Gasteiger partial charge on any atom is 0.264 e. The van der Waals surface area contributed by atoms with Crippen molar-refractivity contribution in [3.05, 3.63) is 78.8 Å². The molecule has 15 heteroatoms. The fraction of sp³-hybridized carbons (Fsp3) is 0.226. The number of nitrogens with one attached hydrogen (secondary N) is 1. The number of carbonyl (C=O) groups excluding carboxylic acids is 2. The van der Waals surface area contributed by atoms with E-state index in [0.29, 0.717) is 53.5 Å². The Morgan fingerprint density at radius 3 is 2.61 bits per heavy atom. The third-order valence-electron chi connectivity index (χ3n) is 7.27. The number of amides is 1. The van der Waals surface area contributed by atoms with Crippen LogP contribution in [0.1, 0.15) is 13.3 Å². The normalized spacial score (nSPS) is 15.2. The summed E-state index contributed by atoms with van der Waals surface area (Å²) in [6.45, 7) is 2.34. The van der Waals surface area contributed by atoms with Crippen molar-refractivity contribution in [1.82, 2.24) is 19.9 Å². The SMILES string of the molecule is COc1ncc(-c2ccc3ncnc(N4CCN(C(=O)C=CC(C)=O)C(CC#N)C4)c3c2)cc1NS(=O)(=O)c1ccc(F)cc1F. The van der Waals surface area contributed by atoms with Crippen molar-refractivity contribution in [2.24, 2.45) is 0 Å². The zero-order valence-corrected chi connectivity index (χ0v) is 25.5. The number of hydrogen-bond acceptors (Lipinski definition) is 10. The van der Waals surface area contributed by atoms with Crippen LogP contribution in [-0.2, 0) is 19.6 Å². The Morgan fingerprint density at radius 2 is 1.89 bits per heavy atom. The molecule has 4 aromatic rings. The van der Waals surface area contributed by atoms with Crippen molar-refractivity contribution < 1.29 is 31.5 Å². The summed E-state index contributed by atoms with van der Waals surface area (Å²) in [5, 5.41) is 10.1. The molecule has 2 aromatic carbocycles. The van der Waals surface area contributed by atoms with Gasteiger partial charge in [-0.3, -0.25) is 14.3 Å². The molecule has 0 bridgehead atoms. The van der Waals surface area contributed by atoms with Gasteiger partial charge in [-0.25, -0.2) is 32.2 Å². The minimum Gasteiger partial charge on any atom is -0.480 e. The van der Waals surface area contributed by atoms with Crippen molar-refractivity contribution in [2.45, 2.75) is 24.3 Å². The van der Waals surface area contributed by atoms with Crippen LogP contribution in [0.4, 0.5) is 20.3 Å². The third kappa shape index (κ3) is 6.76. The summed E-state index contributed by atoms with van der Waals surface area (Å²) in [5.41, 5.74) is 1.63. The highest BCUT2D eigenvalue weighted by Gasteiger charge is 2.31. The average Bonchev–Trinajstić information content (AvgIpc) is 3.02. The van der Waals surface area contributed by atoms with E-state index in [1.54, 1.807) is 23.1 Å². The van der Waals surface area contributed by atoms with Gasteiger partial charge in [0.25, 0.3) is 10.0 Å². The van der Waals surface area contributed by atoms with Crippen LogP contribution < -0.4 is 14.4 Å². The number of carbonyl (C=O) groups is 2. The van der Waals surface area contributed by atoms with E-state index in [-0.39, 0.29) is 29.7 Å². The van der Waals surface area contributed by atoms with E-state index in [2.05, 4.69) is 25.7 Å². The number of rotatable bonds is 9. The van der Waals surface area contributed by atoms with Crippen molar-refractivity contribution in [3.63, 3.8) is 0 Å². The molecule has 0 spiro atoms. The van der Waals surface area contributed by atoms with Crippen molar-refractivity contribution in [3.8, 4) is 23.1 Å². The van der Waals surface area contributed by atoms with Crippen molar-refractivity contribution in [1.29, 1.82) is 5.26 Å². The first-order valence-corrected chi connectivity index (χ1v) is 15.4. The molecule has 1 saturated heterocycles. The molecule has 1 N–H and O–H groups in total. The van der Waals surface area contributed by atoms with Gasteiger partial charge in [-0.2, -0.15) is 5.26 Å². The van der Waals surface area contributed by atoms with Gasteiger partial charge < -0.3 is 14.5 Å². The number of nitriles is 1. The number of nitrogens with zero attached hydrogens (tertiary/aromatic N) is 6. The highest BCUT2D eigenvalue weighted by atomic mass is 32.2. The standard InChI is InChI=1S/C31H27F2N7O5S/c1-19(41)3-8-29(42)40-12-11-39(17-23(40)9-10-34)30-24-13-20(4-6-26(24)36-18-37-30)21-14-27(31(45-2)35-16-21)38-46(43,44)28-7-5-22(32)15-25(28)33/h3-8,13-16,18,23,38H,9,11-12,17H2,1-2H3. The number of ketones is 1. The lowest BCUT2D eigenvalue weighted by Crippen LogP contribution is -2.55. The average molecular weight is 648 g/mol. The number of hydrogen-bond donors (Lipinski definition) is 1. The van der Waals surface area contributed by atoms with Crippen LogP contribution in [0.5, 0.6) is 5.88 Å². The molecular formula is C31H27F2N7O5S. The minimum atomic E-state index is -4.49. The largest absolute Gasteiger partial charge is 0.480 e. The molecule has 1 fully saturated rings. The van der Waals surface area contributed by atoms with Gasteiger partial charge in [0.2, 0.25) is 11.8 Å². The molecule has 12 nitrogen and oxygen atoms in total. The molecule has 1 aliphatic heterocycles. The summed E-state index contributed by atoms with van der Waals surface area (Å²) in [6, 6.07) is 10.6. The van der Waals surface area contributed by atoms with Gasteiger partial charge in [-0.1, -0.05) is 6.07 Å². The van der Waals surface area contributed by atoms with Crippen LogP contribution in [0.15, 0.2) is 72.0 Å². The second-order valence-corrected chi connectivity index (χ2v) is 12.0. The van der Waals surface area contributed by atoms with Crippen LogP contribution in [0, 0.1) is 23.0 Å². The van der Waals surface area contributed by atoms with Crippen LogP contribution in [-0.4, -0.2) is 72.7 Å². The lowest BCUT2D eigenvalue weighted by Gasteiger charge is -2.41. The van der Waals surface area contributed by atoms with Gasteiger partial charge >= 0.3 is 0 Å². The van der Waals surface area contributed by atoms with E-state index in [0.717, 1.165) is 12.1 Å². The van der Waals surface area contributed by atoms with E-state index in [1.165, 1.54) is 44.8 Å². The molecule has 46 heavy (non-hydrogen) atoms. The first-order chi connectivity index (χ1) is 22.0. The first kappa shape index (κ1) is 31.9. The minimum absolute atomic E-state index is 0.0719. The third-order valence-corrected chi connectivity index (χ3v) is 8.67. The van der Waals surface area contributed by atoms with Crippen LogP contribution in [0.25, 0.3) is 22.0 Å². The second kappa shape index (κ2) is 13.2. The highest BCUT2D eigenvalue weighted by Crippen LogP contribution is 2.34. The predicted molar refractivity (Wildman–Crippen MR) is 164 cm³/mol. The van der Waals surface area contributed by atoms with E-state index < -0.39 is 32.6 Å². The molecule has 236 valence electrons. The Labute approximate surface area is 263 Å². The van der Waals surface area contributed by atoms with Gasteiger partial charge in [0.05, 0.1) is 31.2 Å². The molecule has 1 amide bonds. The Balaban J connectivity index is 1.48. The second-order valence-electron chi connectivity index (χ2n) is 10.3. The number of sulfonamides is 1. The smallest absolute Gasteiger partial charge is 0.264 e. The summed E-state index contributed by atoms with van der Waals surface area (Å²) >= 11 is 0. The van der Waals surface area contributed by atoms with E-state index in [1.807, 2.05) is 4.90 Å². The van der Waals surface area contributed by atoms with Crippen molar-refractivity contribution >= 4 is 44.1 Å². The Morgan fingerprint density at radius 1 is 1.09 bits per heavy atom. The summed E-state index contributed by atoms with van der Waals surface area (Å²) in [4.78, 5) is 40.0. The molecular weight excluding hydrogens is 620 g/mol. The highest BCUT2D eigenvalue weighted by molar-refractivity contribution is 7.92. The molecule has 1 atom stereocenters. The summed E-state index contributed by atoms with van der Waals surface area (Å²) in [6.07, 6.45) is 5.37. The number of allylic oxidation sites excluding steroid dienone is 1. The number of methoxy groups -OCH3 is 1. The monoisotopic (exact) mass is 647 g/mol. The molecule has 2 aromatic heterocycles. The molecule has 1 unspecified atom stereocenters. The number of halogens is 2. The zero-order chi connectivity index (χ0) is 33.0.